The lowest BCUT2D eigenvalue weighted by atomic mass is 10.0. The Morgan fingerprint density at radius 2 is 1.91 bits per heavy atom. The van der Waals surface area contributed by atoms with Crippen LogP contribution in [0, 0.1) is 6.92 Å². The molecule has 1 aliphatic rings. The van der Waals surface area contributed by atoms with Gasteiger partial charge >= 0.3 is 0 Å². The van der Waals surface area contributed by atoms with Gasteiger partial charge in [0.2, 0.25) is 0 Å². The molecule has 0 aliphatic carbocycles. The molecule has 0 radical (unpaired) electrons. The Morgan fingerprint density at radius 1 is 1.15 bits per heavy atom. The van der Waals surface area contributed by atoms with E-state index in [1.807, 2.05) is 36.4 Å². The zero-order chi connectivity index (χ0) is 23.4. The summed E-state index contributed by atoms with van der Waals surface area (Å²) in [4.78, 5) is 19.1. The van der Waals surface area contributed by atoms with Gasteiger partial charge in [-0.15, -0.1) is 0 Å². The van der Waals surface area contributed by atoms with Gasteiger partial charge in [-0.3, -0.25) is 14.9 Å². The second-order valence-corrected chi connectivity index (χ2v) is 8.93. The molecule has 1 aliphatic heterocycles. The zero-order valence-corrected chi connectivity index (χ0v) is 19.5. The zero-order valence-electron chi connectivity index (χ0n) is 19.5. The Labute approximate surface area is 195 Å². The molecular formula is C27H32N4O2. The molecule has 0 spiro atoms. The van der Waals surface area contributed by atoms with E-state index in [1.54, 1.807) is 11.6 Å². The number of piperidine rings is 1. The number of hydrogen-bond acceptors (Lipinski definition) is 4. The van der Waals surface area contributed by atoms with E-state index in [0.717, 1.165) is 47.7 Å². The lowest BCUT2D eigenvalue weighted by molar-refractivity contribution is -0.124. The molecule has 0 saturated carbocycles. The van der Waals surface area contributed by atoms with Crippen molar-refractivity contribution in [1.29, 1.82) is 0 Å². The molecule has 1 aromatic heterocycles. The van der Waals surface area contributed by atoms with E-state index < -0.39 is 5.91 Å². The van der Waals surface area contributed by atoms with E-state index in [1.165, 1.54) is 18.2 Å². The molecule has 4 rings (SSSR count). The van der Waals surface area contributed by atoms with Crippen molar-refractivity contribution < 1.29 is 10.0 Å². The smallest absolute Gasteiger partial charge is 0.267 e. The summed E-state index contributed by atoms with van der Waals surface area (Å²) in [6.45, 7) is 8.83. The molecule has 33 heavy (non-hydrogen) atoms. The maximum Gasteiger partial charge on any atom is 0.267 e. The third kappa shape index (κ3) is 5.07. The van der Waals surface area contributed by atoms with Crippen LogP contribution in [0.2, 0.25) is 0 Å². The van der Waals surface area contributed by atoms with Crippen LogP contribution in [0.5, 0.6) is 0 Å². The van der Waals surface area contributed by atoms with E-state index in [4.69, 9.17) is 10.2 Å². The lowest BCUT2D eigenvalue weighted by Crippen LogP contribution is -2.41. The third-order valence-electron chi connectivity index (χ3n) is 6.40. The van der Waals surface area contributed by atoms with E-state index in [2.05, 4.69) is 48.4 Å². The highest BCUT2D eigenvalue weighted by Gasteiger charge is 2.28. The minimum absolute atomic E-state index is 0.348. The first-order valence-electron chi connectivity index (χ1n) is 11.6. The van der Waals surface area contributed by atoms with Gasteiger partial charge in [-0.1, -0.05) is 48.5 Å². The number of aromatic nitrogens is 2. The normalized spacial score (nSPS) is 17.1. The van der Waals surface area contributed by atoms with Gasteiger partial charge in [0.05, 0.1) is 5.69 Å². The molecule has 3 aromatic rings. The molecule has 172 valence electrons. The summed E-state index contributed by atoms with van der Waals surface area (Å²) in [6, 6.07) is 19.2. The fraction of sp³-hybridized carbons (Fsp3) is 0.333. The average Bonchev–Trinajstić information content (AvgIpc) is 3.20. The Balaban J connectivity index is 1.80. The van der Waals surface area contributed by atoms with Gasteiger partial charge in [-0.2, -0.15) is 0 Å². The summed E-state index contributed by atoms with van der Waals surface area (Å²) in [7, 11) is 0. The number of hydrogen-bond donors (Lipinski definition) is 2. The van der Waals surface area contributed by atoms with Gasteiger partial charge in [0.1, 0.15) is 5.82 Å². The highest BCUT2D eigenvalue weighted by atomic mass is 16.5. The number of nitrogens with zero attached hydrogens (tertiary/aromatic N) is 3. The number of carbonyl (C=O) groups excluding carboxylic acids is 1. The van der Waals surface area contributed by atoms with Crippen molar-refractivity contribution in [3.63, 3.8) is 0 Å². The van der Waals surface area contributed by atoms with Gasteiger partial charge in [-0.05, 0) is 57.9 Å². The van der Waals surface area contributed by atoms with Crippen molar-refractivity contribution >= 4 is 12.0 Å². The highest BCUT2D eigenvalue weighted by molar-refractivity contribution is 5.91. The van der Waals surface area contributed by atoms with Crippen molar-refractivity contribution in [3.05, 3.63) is 71.9 Å². The van der Waals surface area contributed by atoms with Gasteiger partial charge in [0.25, 0.3) is 5.91 Å². The molecule has 6 nitrogen and oxygen atoms in total. The first-order chi connectivity index (χ1) is 16.0. The molecule has 2 N–H and O–H groups in total. The SMILES string of the molecule is Cc1c(-c2ccccc2)nc(-c2cccc(/C=C/C(=O)NO)c2)n1C1CCCN(C(C)C)C1. The summed E-state index contributed by atoms with van der Waals surface area (Å²) in [5.41, 5.74) is 6.80. The van der Waals surface area contributed by atoms with Crippen LogP contribution in [0.1, 0.15) is 44.0 Å². The van der Waals surface area contributed by atoms with Crippen LogP contribution in [0.15, 0.2) is 60.7 Å². The number of imidazole rings is 1. The molecular weight excluding hydrogens is 412 g/mol. The summed E-state index contributed by atoms with van der Waals surface area (Å²) in [5.74, 6) is 0.393. The Morgan fingerprint density at radius 3 is 2.64 bits per heavy atom. The summed E-state index contributed by atoms with van der Waals surface area (Å²) < 4.78 is 2.42. The van der Waals surface area contributed by atoms with Gasteiger partial charge in [-0.25, -0.2) is 10.5 Å². The summed E-state index contributed by atoms with van der Waals surface area (Å²) in [6.07, 6.45) is 5.29. The van der Waals surface area contributed by atoms with Crippen molar-refractivity contribution in [2.75, 3.05) is 13.1 Å². The molecule has 2 heterocycles. The van der Waals surface area contributed by atoms with Crippen LogP contribution < -0.4 is 5.48 Å². The molecule has 0 bridgehead atoms. The van der Waals surface area contributed by atoms with Gasteiger partial charge in [0.15, 0.2) is 0 Å². The number of hydroxylamine groups is 1. The largest absolute Gasteiger partial charge is 0.323 e. The minimum atomic E-state index is -0.555. The number of benzene rings is 2. The van der Waals surface area contributed by atoms with Crippen LogP contribution in [-0.4, -0.2) is 44.7 Å². The minimum Gasteiger partial charge on any atom is -0.323 e. The number of nitrogens with one attached hydrogen (secondary N) is 1. The lowest BCUT2D eigenvalue weighted by Gasteiger charge is -2.37. The van der Waals surface area contributed by atoms with E-state index >= 15 is 0 Å². The standard InChI is InChI=1S/C27H32N4O2/c1-19(2)30-16-8-13-24(18-30)31-20(3)26(22-10-5-4-6-11-22)28-27(31)23-12-7-9-21(17-23)14-15-25(32)29-33/h4-7,9-12,14-15,17,19,24,33H,8,13,16,18H2,1-3H3,(H,29,32)/b15-14+. The maximum atomic E-state index is 11.4. The second-order valence-electron chi connectivity index (χ2n) is 8.93. The molecule has 1 fully saturated rings. The first-order valence-corrected chi connectivity index (χ1v) is 11.6. The van der Waals surface area contributed by atoms with Gasteiger partial charge < -0.3 is 4.57 Å². The Hall–Kier alpha value is -3.22. The number of likely N-dealkylation sites (tertiary alicyclic amines) is 1. The fourth-order valence-electron chi connectivity index (χ4n) is 4.69. The van der Waals surface area contributed by atoms with Crippen molar-refractivity contribution in [1.82, 2.24) is 19.9 Å². The van der Waals surface area contributed by atoms with Crippen LogP contribution in [0.3, 0.4) is 0 Å². The molecule has 2 aromatic carbocycles. The first kappa shape index (κ1) is 23.0. The predicted molar refractivity (Wildman–Crippen MR) is 132 cm³/mol. The quantitative estimate of drug-likeness (QED) is 0.316. The molecule has 1 amide bonds. The molecule has 6 heteroatoms. The fourth-order valence-corrected chi connectivity index (χ4v) is 4.69. The van der Waals surface area contributed by atoms with Crippen LogP contribution in [0.4, 0.5) is 0 Å². The molecule has 1 unspecified atom stereocenters. The third-order valence-corrected chi connectivity index (χ3v) is 6.40. The topological polar surface area (TPSA) is 70.4 Å². The van der Waals surface area contributed by atoms with Crippen LogP contribution in [0.25, 0.3) is 28.7 Å². The molecule has 1 atom stereocenters. The Bertz CT molecular complexity index is 1130. The van der Waals surface area contributed by atoms with Gasteiger partial charge in [0, 0.05) is 41.5 Å². The van der Waals surface area contributed by atoms with E-state index in [0.29, 0.717) is 12.1 Å². The van der Waals surface area contributed by atoms with Crippen molar-refractivity contribution in [2.45, 2.75) is 45.7 Å². The number of amides is 1. The van der Waals surface area contributed by atoms with Crippen LogP contribution in [-0.2, 0) is 4.79 Å². The summed E-state index contributed by atoms with van der Waals surface area (Å²) >= 11 is 0. The van der Waals surface area contributed by atoms with E-state index in [-0.39, 0.29) is 0 Å². The Kier molecular flexibility index (Phi) is 7.06. The van der Waals surface area contributed by atoms with Crippen molar-refractivity contribution in [3.8, 4) is 22.6 Å². The van der Waals surface area contributed by atoms with E-state index in [9.17, 15) is 4.79 Å². The number of rotatable bonds is 6. The average molecular weight is 445 g/mol. The predicted octanol–water partition coefficient (Wildman–Crippen LogP) is 5.09. The van der Waals surface area contributed by atoms with Crippen molar-refractivity contribution in [2.24, 2.45) is 0 Å². The molecule has 1 saturated heterocycles. The number of carbonyl (C=O) groups is 1. The van der Waals surface area contributed by atoms with Crippen LogP contribution >= 0.6 is 0 Å². The second kappa shape index (κ2) is 10.1. The monoisotopic (exact) mass is 444 g/mol. The highest BCUT2D eigenvalue weighted by Crippen LogP contribution is 2.35. The summed E-state index contributed by atoms with van der Waals surface area (Å²) in [5, 5.41) is 8.76. The maximum absolute atomic E-state index is 11.4.